The van der Waals surface area contributed by atoms with Crippen LogP contribution < -0.4 is 4.74 Å². The minimum Gasteiger partial charge on any atom is -0.508 e. The summed E-state index contributed by atoms with van der Waals surface area (Å²) < 4.78 is 5.19. The Balaban J connectivity index is 2.30. The number of carboxylic acid groups (broad SMARTS) is 1. The minimum absolute atomic E-state index is 0.0555. The smallest absolute Gasteiger partial charge is 0.371 e. The maximum atomic E-state index is 11.2. The van der Waals surface area contributed by atoms with Crippen molar-refractivity contribution in [3.8, 4) is 17.2 Å². The van der Waals surface area contributed by atoms with Gasteiger partial charge in [0.1, 0.15) is 5.75 Å². The van der Waals surface area contributed by atoms with Crippen LogP contribution in [0.4, 0.5) is 0 Å². The number of carboxylic acids is 1. The molecule has 0 atom stereocenters. The molecule has 0 heterocycles. The molecule has 0 saturated carbocycles. The molecule has 5 heteroatoms. The molecular weight excluding hydrogens is 260 g/mol. The van der Waals surface area contributed by atoms with Gasteiger partial charge in [0.25, 0.3) is 0 Å². The highest BCUT2D eigenvalue weighted by atomic mass is 16.5. The second-order valence-electron chi connectivity index (χ2n) is 3.98. The van der Waals surface area contributed by atoms with Crippen LogP contribution in [0, 0.1) is 0 Å². The van der Waals surface area contributed by atoms with Crippen molar-refractivity contribution in [3.05, 3.63) is 59.9 Å². The van der Waals surface area contributed by atoms with Crippen LogP contribution in [0.5, 0.6) is 17.2 Å². The number of phenolic OH excluding ortho intramolecular Hbond substituents is 2. The van der Waals surface area contributed by atoms with E-state index in [4.69, 9.17) is 9.84 Å². The first-order valence-electron chi connectivity index (χ1n) is 5.76. The average Bonchev–Trinajstić information content (AvgIpc) is 2.42. The van der Waals surface area contributed by atoms with Crippen LogP contribution in [0.2, 0.25) is 0 Å². The van der Waals surface area contributed by atoms with Crippen molar-refractivity contribution >= 4 is 12.0 Å². The van der Waals surface area contributed by atoms with E-state index in [2.05, 4.69) is 0 Å². The predicted molar refractivity (Wildman–Crippen MR) is 72.5 cm³/mol. The molecule has 20 heavy (non-hydrogen) atoms. The quantitative estimate of drug-likeness (QED) is 0.588. The molecular formula is C15H12O5. The Bertz CT molecular complexity index is 644. The van der Waals surface area contributed by atoms with Gasteiger partial charge in [0.15, 0.2) is 11.5 Å². The molecule has 2 aromatic rings. The van der Waals surface area contributed by atoms with E-state index in [1.54, 1.807) is 24.3 Å². The molecule has 102 valence electrons. The van der Waals surface area contributed by atoms with Crippen molar-refractivity contribution < 1.29 is 24.9 Å². The van der Waals surface area contributed by atoms with Crippen molar-refractivity contribution in [2.75, 3.05) is 0 Å². The summed E-state index contributed by atoms with van der Waals surface area (Å²) in [5.41, 5.74) is 0.552. The first-order valence-corrected chi connectivity index (χ1v) is 5.76. The van der Waals surface area contributed by atoms with Crippen LogP contribution in [0.25, 0.3) is 6.08 Å². The zero-order chi connectivity index (χ0) is 14.5. The molecule has 0 radical (unpaired) electrons. The second-order valence-corrected chi connectivity index (χ2v) is 3.98. The Morgan fingerprint density at radius 3 is 2.25 bits per heavy atom. The molecule has 0 saturated heterocycles. The first-order chi connectivity index (χ1) is 9.56. The second kappa shape index (κ2) is 5.79. The SMILES string of the molecule is O=C(O)C(=Cc1ccc(O)cc1)Oc1ccccc1O. The monoisotopic (exact) mass is 272 g/mol. The normalized spacial score (nSPS) is 11.1. The Morgan fingerprint density at radius 2 is 1.65 bits per heavy atom. The van der Waals surface area contributed by atoms with E-state index in [0.29, 0.717) is 5.56 Å². The Morgan fingerprint density at radius 1 is 1.00 bits per heavy atom. The number of hydrogen-bond acceptors (Lipinski definition) is 4. The number of ether oxygens (including phenoxy) is 1. The van der Waals surface area contributed by atoms with Crippen molar-refractivity contribution in [1.29, 1.82) is 0 Å². The van der Waals surface area contributed by atoms with Gasteiger partial charge in [0.2, 0.25) is 5.76 Å². The minimum atomic E-state index is -1.26. The number of para-hydroxylation sites is 2. The van der Waals surface area contributed by atoms with Crippen molar-refractivity contribution in [2.24, 2.45) is 0 Å². The summed E-state index contributed by atoms with van der Waals surface area (Å²) in [7, 11) is 0. The molecule has 3 N–H and O–H groups in total. The van der Waals surface area contributed by atoms with Crippen molar-refractivity contribution in [3.63, 3.8) is 0 Å². The lowest BCUT2D eigenvalue weighted by Gasteiger charge is -2.07. The van der Waals surface area contributed by atoms with E-state index in [1.165, 1.54) is 30.3 Å². The predicted octanol–water partition coefficient (Wildman–Crippen LogP) is 2.60. The highest BCUT2D eigenvalue weighted by Gasteiger charge is 2.12. The van der Waals surface area contributed by atoms with Crippen LogP contribution >= 0.6 is 0 Å². The van der Waals surface area contributed by atoms with E-state index in [1.807, 2.05) is 0 Å². The standard InChI is InChI=1S/C15H12O5/c16-11-7-5-10(6-8-11)9-14(15(18)19)20-13-4-2-1-3-12(13)17/h1-9,16-17H,(H,18,19). The third-order valence-corrected chi connectivity index (χ3v) is 2.49. The largest absolute Gasteiger partial charge is 0.508 e. The average molecular weight is 272 g/mol. The maximum absolute atomic E-state index is 11.2. The van der Waals surface area contributed by atoms with E-state index in [0.717, 1.165) is 0 Å². The van der Waals surface area contributed by atoms with Gasteiger partial charge in [-0.05, 0) is 35.9 Å². The van der Waals surface area contributed by atoms with Crippen LogP contribution in [0.3, 0.4) is 0 Å². The van der Waals surface area contributed by atoms with E-state index < -0.39 is 5.97 Å². The highest BCUT2D eigenvalue weighted by Crippen LogP contribution is 2.27. The molecule has 2 rings (SSSR count). The molecule has 0 bridgehead atoms. The third-order valence-electron chi connectivity index (χ3n) is 2.49. The lowest BCUT2D eigenvalue weighted by Crippen LogP contribution is -2.07. The fourth-order valence-corrected chi connectivity index (χ4v) is 1.52. The molecule has 0 fully saturated rings. The fourth-order valence-electron chi connectivity index (χ4n) is 1.52. The van der Waals surface area contributed by atoms with E-state index >= 15 is 0 Å². The van der Waals surface area contributed by atoms with Crippen molar-refractivity contribution in [1.82, 2.24) is 0 Å². The van der Waals surface area contributed by atoms with Crippen LogP contribution in [-0.4, -0.2) is 21.3 Å². The number of aromatic hydroxyl groups is 2. The molecule has 2 aromatic carbocycles. The number of rotatable bonds is 4. The lowest BCUT2D eigenvalue weighted by molar-refractivity contribution is -0.134. The summed E-state index contributed by atoms with van der Waals surface area (Å²) in [6, 6.07) is 12.1. The van der Waals surface area contributed by atoms with Gasteiger partial charge in [0.05, 0.1) is 0 Å². The molecule has 0 aliphatic rings. The van der Waals surface area contributed by atoms with Crippen LogP contribution in [0.1, 0.15) is 5.56 Å². The summed E-state index contributed by atoms with van der Waals surface area (Å²) in [6.45, 7) is 0. The zero-order valence-electron chi connectivity index (χ0n) is 10.4. The van der Waals surface area contributed by atoms with Gasteiger partial charge in [-0.25, -0.2) is 4.79 Å². The lowest BCUT2D eigenvalue weighted by atomic mass is 10.2. The molecule has 0 aromatic heterocycles. The molecule has 0 unspecified atom stereocenters. The summed E-state index contributed by atoms with van der Waals surface area (Å²) in [5.74, 6) is -1.61. The third kappa shape index (κ3) is 3.29. The maximum Gasteiger partial charge on any atom is 0.371 e. The van der Waals surface area contributed by atoms with Crippen LogP contribution in [-0.2, 0) is 4.79 Å². The number of phenols is 2. The Hall–Kier alpha value is -2.95. The summed E-state index contributed by atoms with van der Waals surface area (Å²) in [4.78, 5) is 11.2. The number of aliphatic carboxylic acids is 1. The Kier molecular flexibility index (Phi) is 3.91. The number of benzene rings is 2. The highest BCUT2D eigenvalue weighted by molar-refractivity contribution is 5.90. The Labute approximate surface area is 115 Å². The number of hydrogen-bond donors (Lipinski definition) is 3. The van der Waals surface area contributed by atoms with E-state index in [9.17, 15) is 15.0 Å². The molecule has 0 spiro atoms. The van der Waals surface area contributed by atoms with Gasteiger partial charge in [-0.3, -0.25) is 0 Å². The van der Waals surface area contributed by atoms with E-state index in [-0.39, 0.29) is 23.0 Å². The fraction of sp³-hybridized carbons (Fsp3) is 0. The van der Waals surface area contributed by atoms with Gasteiger partial charge in [-0.1, -0.05) is 24.3 Å². The van der Waals surface area contributed by atoms with Gasteiger partial charge < -0.3 is 20.1 Å². The van der Waals surface area contributed by atoms with Crippen LogP contribution in [0.15, 0.2) is 54.3 Å². The number of carbonyl (C=O) groups is 1. The molecule has 0 amide bonds. The van der Waals surface area contributed by atoms with Gasteiger partial charge in [-0.2, -0.15) is 0 Å². The summed E-state index contributed by atoms with van der Waals surface area (Å²) >= 11 is 0. The molecule has 0 aliphatic heterocycles. The topological polar surface area (TPSA) is 87.0 Å². The summed E-state index contributed by atoms with van der Waals surface area (Å²) in [5, 5.41) is 27.9. The molecule has 5 nitrogen and oxygen atoms in total. The molecule has 0 aliphatic carbocycles. The first kappa shape index (κ1) is 13.5. The van der Waals surface area contributed by atoms with Crippen molar-refractivity contribution in [2.45, 2.75) is 0 Å². The summed E-state index contributed by atoms with van der Waals surface area (Å²) in [6.07, 6.45) is 1.30. The zero-order valence-corrected chi connectivity index (χ0v) is 10.4. The van der Waals surface area contributed by atoms with Gasteiger partial charge >= 0.3 is 5.97 Å². The van der Waals surface area contributed by atoms with Gasteiger partial charge in [-0.15, -0.1) is 0 Å². The van der Waals surface area contributed by atoms with Gasteiger partial charge in [0, 0.05) is 0 Å².